The molecular weight excluding hydrogens is 180 g/mol. The molecule has 2 unspecified atom stereocenters. The average molecular weight is 188 g/mol. The fourth-order valence-corrected chi connectivity index (χ4v) is 1.33. The third kappa shape index (κ3) is 1.38. The van der Waals surface area contributed by atoms with Crippen LogP contribution in [0.25, 0.3) is 0 Å². The molecule has 0 amide bonds. The second-order valence-electron chi connectivity index (χ2n) is 2.99. The number of aromatic hydroxyl groups is 1. The van der Waals surface area contributed by atoms with Crippen LogP contribution in [-0.2, 0) is 0 Å². The quantitative estimate of drug-likeness (QED) is 0.696. The molecule has 0 aliphatic carbocycles. The molecule has 0 saturated heterocycles. The van der Waals surface area contributed by atoms with Gasteiger partial charge in [0, 0.05) is 0 Å². The van der Waals surface area contributed by atoms with Gasteiger partial charge in [-0.2, -0.15) is 10.4 Å². The van der Waals surface area contributed by atoms with Crippen molar-refractivity contribution in [2.45, 2.75) is 12.1 Å². The maximum atomic E-state index is 9.09. The zero-order chi connectivity index (χ0) is 9.97. The molecule has 1 heterocycles. The topological polar surface area (TPSA) is 80.8 Å². The molecule has 0 aromatic heterocycles. The van der Waals surface area contributed by atoms with Gasteiger partial charge in [0.2, 0.25) is 0 Å². The maximum Gasteiger partial charge on any atom is 0.160 e. The first-order chi connectivity index (χ1) is 6.81. The van der Waals surface area contributed by atoms with Crippen LogP contribution in [0.15, 0.2) is 34.6 Å². The number of phenols is 1. The molecule has 0 spiro atoms. The molecule has 1 aromatic carbocycles. The van der Waals surface area contributed by atoms with Crippen molar-refractivity contribution in [3.05, 3.63) is 29.8 Å². The summed E-state index contributed by atoms with van der Waals surface area (Å²) in [5.41, 5.74) is 3.47. The average Bonchev–Trinajstić information content (AvgIpc) is 2.67. The van der Waals surface area contributed by atoms with Crippen molar-refractivity contribution in [2.24, 2.45) is 10.3 Å². The Morgan fingerprint density at radius 3 is 2.71 bits per heavy atom. The first-order valence-electron chi connectivity index (χ1n) is 4.15. The van der Waals surface area contributed by atoms with E-state index in [1.54, 1.807) is 24.3 Å². The number of benzene rings is 1. The number of hydrogen-bond donors (Lipinski definition) is 2. The third-order valence-corrected chi connectivity index (χ3v) is 2.07. The van der Waals surface area contributed by atoms with Crippen molar-refractivity contribution in [1.29, 1.82) is 5.26 Å². The molecule has 2 N–H and O–H groups in total. The second-order valence-corrected chi connectivity index (χ2v) is 2.99. The number of phenolic OH excluding ortho intramolecular Hbond substituents is 1. The molecule has 0 bridgehead atoms. The summed E-state index contributed by atoms with van der Waals surface area (Å²) in [6.07, 6.45) is 0. The van der Waals surface area contributed by atoms with E-state index in [-0.39, 0.29) is 11.8 Å². The normalized spacial score (nSPS) is 24.2. The van der Waals surface area contributed by atoms with E-state index in [9.17, 15) is 0 Å². The van der Waals surface area contributed by atoms with E-state index in [4.69, 9.17) is 10.4 Å². The minimum atomic E-state index is -0.417. The molecule has 70 valence electrons. The molecule has 2 rings (SSSR count). The second kappa shape index (κ2) is 3.34. The Morgan fingerprint density at radius 2 is 2.07 bits per heavy atom. The number of rotatable bonds is 1. The highest BCUT2D eigenvalue weighted by Gasteiger charge is 2.26. The van der Waals surface area contributed by atoms with E-state index >= 15 is 0 Å². The Hall–Kier alpha value is -2.09. The van der Waals surface area contributed by atoms with Gasteiger partial charge in [0.25, 0.3) is 0 Å². The van der Waals surface area contributed by atoms with Gasteiger partial charge in [-0.1, -0.05) is 17.4 Å². The zero-order valence-corrected chi connectivity index (χ0v) is 7.25. The van der Waals surface area contributed by atoms with E-state index in [1.165, 1.54) is 0 Å². The highest BCUT2D eigenvalue weighted by molar-refractivity contribution is 5.30. The Bertz CT molecular complexity index is 392. The van der Waals surface area contributed by atoms with Gasteiger partial charge in [-0.3, -0.25) is 5.43 Å². The molecule has 1 aliphatic rings. The Labute approximate surface area is 80.7 Å². The van der Waals surface area contributed by atoms with Gasteiger partial charge in [-0.15, -0.1) is 0 Å². The van der Waals surface area contributed by atoms with Crippen molar-refractivity contribution in [3.63, 3.8) is 0 Å². The Morgan fingerprint density at radius 1 is 1.36 bits per heavy atom. The molecule has 1 aliphatic heterocycles. The molecule has 5 nitrogen and oxygen atoms in total. The zero-order valence-electron chi connectivity index (χ0n) is 7.25. The highest BCUT2D eigenvalue weighted by Crippen LogP contribution is 2.26. The highest BCUT2D eigenvalue weighted by atomic mass is 16.3. The molecule has 2 atom stereocenters. The molecule has 0 radical (unpaired) electrons. The Balaban J connectivity index is 2.27. The summed E-state index contributed by atoms with van der Waals surface area (Å²) in [5, 5.41) is 25.4. The van der Waals surface area contributed by atoms with Crippen LogP contribution >= 0.6 is 0 Å². The lowest BCUT2D eigenvalue weighted by Crippen LogP contribution is -2.22. The molecule has 1 aromatic rings. The first-order valence-corrected chi connectivity index (χ1v) is 4.15. The van der Waals surface area contributed by atoms with Crippen LogP contribution in [0.2, 0.25) is 0 Å². The summed E-state index contributed by atoms with van der Waals surface area (Å²) < 4.78 is 0. The summed E-state index contributed by atoms with van der Waals surface area (Å²) >= 11 is 0. The fraction of sp³-hybridized carbons (Fsp3) is 0.222. The fourth-order valence-electron chi connectivity index (χ4n) is 1.33. The van der Waals surface area contributed by atoms with Crippen molar-refractivity contribution in [2.75, 3.05) is 0 Å². The van der Waals surface area contributed by atoms with E-state index in [2.05, 4.69) is 21.8 Å². The number of nitriles is 1. The van der Waals surface area contributed by atoms with Gasteiger partial charge in [-0.25, -0.2) is 0 Å². The van der Waals surface area contributed by atoms with Gasteiger partial charge < -0.3 is 5.11 Å². The van der Waals surface area contributed by atoms with Crippen molar-refractivity contribution >= 4 is 0 Å². The van der Waals surface area contributed by atoms with Crippen molar-refractivity contribution in [3.8, 4) is 11.8 Å². The maximum absolute atomic E-state index is 9.09. The van der Waals surface area contributed by atoms with Crippen LogP contribution in [-0.4, -0.2) is 11.1 Å². The van der Waals surface area contributed by atoms with E-state index < -0.39 is 6.04 Å². The van der Waals surface area contributed by atoms with Crippen LogP contribution in [0.5, 0.6) is 5.75 Å². The van der Waals surface area contributed by atoms with Gasteiger partial charge in [0.1, 0.15) is 11.8 Å². The van der Waals surface area contributed by atoms with Gasteiger partial charge in [0.05, 0.1) is 6.07 Å². The summed E-state index contributed by atoms with van der Waals surface area (Å²) in [5.74, 6) is 0.199. The SMILES string of the molecule is N#CC1NN=NC1c1ccc(O)cc1. The van der Waals surface area contributed by atoms with E-state index in [1.807, 2.05) is 0 Å². The Kier molecular flexibility index (Phi) is 2.03. The van der Waals surface area contributed by atoms with Gasteiger partial charge in [-0.05, 0) is 17.7 Å². The molecule has 0 fully saturated rings. The predicted molar refractivity (Wildman–Crippen MR) is 48.2 cm³/mol. The molecule has 14 heavy (non-hydrogen) atoms. The third-order valence-electron chi connectivity index (χ3n) is 2.07. The largest absolute Gasteiger partial charge is 0.508 e. The van der Waals surface area contributed by atoms with Crippen molar-refractivity contribution in [1.82, 2.24) is 5.43 Å². The van der Waals surface area contributed by atoms with E-state index in [0.717, 1.165) is 5.56 Å². The first kappa shape index (κ1) is 8.51. The summed E-state index contributed by atoms with van der Waals surface area (Å²) in [7, 11) is 0. The number of nitrogens with zero attached hydrogens (tertiary/aromatic N) is 3. The van der Waals surface area contributed by atoms with Gasteiger partial charge in [0.15, 0.2) is 6.04 Å². The minimum absolute atomic E-state index is 0.199. The molecule has 5 heteroatoms. The molecular formula is C9H8N4O. The number of nitrogens with one attached hydrogen (secondary N) is 1. The van der Waals surface area contributed by atoms with Gasteiger partial charge >= 0.3 is 0 Å². The predicted octanol–water partition coefficient (Wildman–Crippen LogP) is 1.30. The van der Waals surface area contributed by atoms with Crippen LogP contribution in [0, 0.1) is 11.3 Å². The lowest BCUT2D eigenvalue weighted by Gasteiger charge is -2.09. The van der Waals surface area contributed by atoms with Crippen LogP contribution in [0.3, 0.4) is 0 Å². The van der Waals surface area contributed by atoms with Crippen molar-refractivity contribution < 1.29 is 5.11 Å². The smallest absolute Gasteiger partial charge is 0.160 e. The summed E-state index contributed by atoms with van der Waals surface area (Å²) in [6.45, 7) is 0. The standard InChI is InChI=1S/C9H8N4O/c10-5-8-9(12-13-11-8)6-1-3-7(14)4-2-6/h1-4,8-9,14H,(H,11,12). The summed E-state index contributed by atoms with van der Waals surface area (Å²) in [4.78, 5) is 0. The van der Waals surface area contributed by atoms with Crippen LogP contribution in [0.1, 0.15) is 11.6 Å². The lowest BCUT2D eigenvalue weighted by atomic mass is 10.0. The van der Waals surface area contributed by atoms with Crippen LogP contribution < -0.4 is 5.43 Å². The lowest BCUT2D eigenvalue weighted by molar-refractivity contribution is 0.474. The van der Waals surface area contributed by atoms with Crippen LogP contribution in [0.4, 0.5) is 0 Å². The molecule has 0 saturated carbocycles. The van der Waals surface area contributed by atoms with E-state index in [0.29, 0.717) is 0 Å². The number of hydrogen-bond acceptors (Lipinski definition) is 5. The monoisotopic (exact) mass is 188 g/mol. The summed E-state index contributed by atoms with van der Waals surface area (Å²) in [6, 6.07) is 7.97. The minimum Gasteiger partial charge on any atom is -0.508 e.